The fourth-order valence-corrected chi connectivity index (χ4v) is 2.32. The molecule has 0 spiro atoms. The molecule has 2 amide bonds. The second kappa shape index (κ2) is 8.26. The number of halogens is 1. The maximum absolute atomic E-state index is 13.2. The molecule has 2 aromatic rings. The van der Waals surface area contributed by atoms with Crippen molar-refractivity contribution >= 4 is 23.4 Å². The van der Waals surface area contributed by atoms with Crippen molar-refractivity contribution in [2.24, 2.45) is 0 Å². The van der Waals surface area contributed by atoms with Gasteiger partial charge in [0.15, 0.2) is 0 Å². The first-order chi connectivity index (χ1) is 12.3. The first kappa shape index (κ1) is 19.1. The normalized spacial score (nSPS) is 10.3. The second-order valence-corrected chi connectivity index (χ2v) is 5.50. The van der Waals surface area contributed by atoms with E-state index >= 15 is 0 Å². The van der Waals surface area contributed by atoms with Gasteiger partial charge >= 0.3 is 6.03 Å². The van der Waals surface area contributed by atoms with Crippen molar-refractivity contribution in [1.29, 1.82) is 5.41 Å². The molecule has 1 aromatic heterocycles. The SMILES string of the molecule is COC(=N)c1c(N)cc(NC(=O)NCc2ccc(F)c(C)c2)nc1CO. The van der Waals surface area contributed by atoms with E-state index in [4.69, 9.17) is 15.9 Å². The minimum Gasteiger partial charge on any atom is -0.481 e. The van der Waals surface area contributed by atoms with Crippen LogP contribution in [0.1, 0.15) is 22.4 Å². The highest BCUT2D eigenvalue weighted by molar-refractivity contribution is 5.99. The number of hydrogen-bond acceptors (Lipinski definition) is 6. The van der Waals surface area contributed by atoms with Crippen LogP contribution in [0.3, 0.4) is 0 Å². The van der Waals surface area contributed by atoms with E-state index in [1.165, 1.54) is 19.2 Å². The zero-order valence-electron chi connectivity index (χ0n) is 14.4. The van der Waals surface area contributed by atoms with Gasteiger partial charge in [-0.2, -0.15) is 0 Å². The molecular weight excluding hydrogens is 341 g/mol. The van der Waals surface area contributed by atoms with E-state index in [1.807, 2.05) is 0 Å². The van der Waals surface area contributed by atoms with E-state index in [0.717, 1.165) is 5.56 Å². The molecule has 0 atom stereocenters. The number of carbonyl (C=O) groups is 1. The largest absolute Gasteiger partial charge is 0.481 e. The summed E-state index contributed by atoms with van der Waals surface area (Å²) in [5, 5.41) is 22.2. The van der Waals surface area contributed by atoms with Gasteiger partial charge in [-0.1, -0.05) is 12.1 Å². The number of methoxy groups -OCH3 is 1. The number of nitrogens with two attached hydrogens (primary N) is 1. The fourth-order valence-electron chi connectivity index (χ4n) is 2.32. The number of aromatic nitrogens is 1. The number of carbonyl (C=O) groups excluding carboxylic acids is 1. The summed E-state index contributed by atoms with van der Waals surface area (Å²) in [6, 6.07) is 5.37. The Labute approximate surface area is 149 Å². The molecule has 26 heavy (non-hydrogen) atoms. The number of pyridine rings is 1. The molecule has 1 aromatic carbocycles. The predicted octanol–water partition coefficient (Wildman–Crippen LogP) is 1.90. The highest BCUT2D eigenvalue weighted by atomic mass is 19.1. The summed E-state index contributed by atoms with van der Waals surface area (Å²) in [4.78, 5) is 16.1. The Kier molecular flexibility index (Phi) is 6.07. The van der Waals surface area contributed by atoms with E-state index in [2.05, 4.69) is 15.6 Å². The van der Waals surface area contributed by atoms with Crippen molar-refractivity contribution < 1.29 is 19.0 Å². The smallest absolute Gasteiger partial charge is 0.320 e. The summed E-state index contributed by atoms with van der Waals surface area (Å²) in [5.41, 5.74) is 7.52. The van der Waals surface area contributed by atoms with Gasteiger partial charge in [-0.15, -0.1) is 0 Å². The van der Waals surface area contributed by atoms with E-state index in [0.29, 0.717) is 5.56 Å². The molecule has 0 aliphatic rings. The monoisotopic (exact) mass is 361 g/mol. The maximum atomic E-state index is 13.2. The van der Waals surface area contributed by atoms with Gasteiger partial charge in [0.2, 0.25) is 5.90 Å². The Morgan fingerprint density at radius 3 is 2.77 bits per heavy atom. The first-order valence-electron chi connectivity index (χ1n) is 7.68. The number of urea groups is 1. The molecule has 8 nitrogen and oxygen atoms in total. The number of aliphatic hydroxyl groups is 1. The van der Waals surface area contributed by atoms with Gasteiger partial charge in [-0.3, -0.25) is 10.7 Å². The Hall–Kier alpha value is -3.20. The molecule has 0 unspecified atom stereocenters. The van der Waals surface area contributed by atoms with Crippen LogP contribution in [0.5, 0.6) is 0 Å². The lowest BCUT2D eigenvalue weighted by Gasteiger charge is -2.13. The van der Waals surface area contributed by atoms with Crippen LogP contribution in [0.25, 0.3) is 0 Å². The van der Waals surface area contributed by atoms with Crippen LogP contribution in [0.4, 0.5) is 20.7 Å². The van der Waals surface area contributed by atoms with E-state index in [9.17, 15) is 14.3 Å². The number of aryl methyl sites for hydroxylation is 1. The second-order valence-electron chi connectivity index (χ2n) is 5.50. The predicted molar refractivity (Wildman–Crippen MR) is 95.4 cm³/mol. The summed E-state index contributed by atoms with van der Waals surface area (Å²) >= 11 is 0. The highest BCUT2D eigenvalue weighted by Gasteiger charge is 2.16. The molecule has 138 valence electrons. The molecule has 9 heteroatoms. The lowest BCUT2D eigenvalue weighted by Crippen LogP contribution is -2.29. The van der Waals surface area contributed by atoms with Crippen molar-refractivity contribution in [2.45, 2.75) is 20.1 Å². The van der Waals surface area contributed by atoms with Crippen molar-refractivity contribution in [3.63, 3.8) is 0 Å². The number of benzene rings is 1. The molecule has 0 bridgehead atoms. The first-order valence-corrected chi connectivity index (χ1v) is 7.68. The van der Waals surface area contributed by atoms with Crippen molar-refractivity contribution in [3.05, 3.63) is 52.5 Å². The quantitative estimate of drug-likeness (QED) is 0.410. The van der Waals surface area contributed by atoms with Gasteiger partial charge in [0, 0.05) is 18.3 Å². The zero-order valence-corrected chi connectivity index (χ0v) is 14.4. The number of hydrogen-bond donors (Lipinski definition) is 5. The summed E-state index contributed by atoms with van der Waals surface area (Å²) in [5.74, 6) is -0.426. The third-order valence-electron chi connectivity index (χ3n) is 3.62. The summed E-state index contributed by atoms with van der Waals surface area (Å²) in [7, 11) is 1.31. The maximum Gasteiger partial charge on any atom is 0.320 e. The Bertz CT molecular complexity index is 841. The number of nitrogens with zero attached hydrogens (tertiary/aromatic N) is 1. The van der Waals surface area contributed by atoms with Crippen LogP contribution in [0.2, 0.25) is 0 Å². The Morgan fingerprint density at radius 1 is 1.42 bits per heavy atom. The molecule has 2 rings (SSSR count). The molecule has 0 radical (unpaired) electrons. The molecule has 6 N–H and O–H groups in total. The van der Waals surface area contributed by atoms with Gasteiger partial charge in [-0.25, -0.2) is 14.2 Å². The molecule has 0 fully saturated rings. The summed E-state index contributed by atoms with van der Waals surface area (Å²) in [6.07, 6.45) is 0. The number of anilines is 2. The van der Waals surface area contributed by atoms with Gasteiger partial charge in [-0.05, 0) is 24.1 Å². The van der Waals surface area contributed by atoms with Gasteiger partial charge < -0.3 is 20.9 Å². The number of rotatable bonds is 5. The third-order valence-corrected chi connectivity index (χ3v) is 3.62. The number of nitrogens with one attached hydrogen (secondary N) is 3. The molecule has 0 saturated heterocycles. The average Bonchev–Trinajstić information content (AvgIpc) is 2.61. The van der Waals surface area contributed by atoms with E-state index in [-0.39, 0.29) is 41.0 Å². The van der Waals surface area contributed by atoms with Crippen LogP contribution in [0.15, 0.2) is 24.3 Å². The lowest BCUT2D eigenvalue weighted by molar-refractivity contribution is 0.251. The molecule has 0 aliphatic heterocycles. The van der Waals surface area contributed by atoms with E-state index in [1.54, 1.807) is 19.1 Å². The lowest BCUT2D eigenvalue weighted by atomic mass is 10.1. The number of aliphatic hydroxyl groups excluding tert-OH is 1. The third kappa shape index (κ3) is 4.45. The molecule has 1 heterocycles. The highest BCUT2D eigenvalue weighted by Crippen LogP contribution is 2.21. The number of amides is 2. The van der Waals surface area contributed by atoms with E-state index < -0.39 is 12.6 Å². The van der Waals surface area contributed by atoms with Crippen LogP contribution in [-0.4, -0.2) is 29.1 Å². The van der Waals surface area contributed by atoms with Gasteiger partial charge in [0.25, 0.3) is 0 Å². The standard InChI is InChI=1S/C17H20FN5O3/c1-9-5-10(3-4-11(9)18)7-21-17(25)23-14-6-12(19)15(16(20)26-2)13(8-24)22-14/h3-6,20,24H,7-8H2,1-2H3,(H4,19,21,22,23,25). The summed E-state index contributed by atoms with van der Waals surface area (Å²) < 4.78 is 18.1. The van der Waals surface area contributed by atoms with Crippen LogP contribution >= 0.6 is 0 Å². The van der Waals surface area contributed by atoms with Crippen molar-refractivity contribution in [3.8, 4) is 0 Å². The Balaban J connectivity index is 2.07. The van der Waals surface area contributed by atoms with Crippen LogP contribution in [-0.2, 0) is 17.9 Å². The zero-order chi connectivity index (χ0) is 19.3. The number of ether oxygens (including phenoxy) is 1. The van der Waals surface area contributed by atoms with Crippen molar-refractivity contribution in [1.82, 2.24) is 10.3 Å². The van der Waals surface area contributed by atoms with Crippen LogP contribution in [0, 0.1) is 18.2 Å². The molecule has 0 aliphatic carbocycles. The Morgan fingerprint density at radius 2 is 2.15 bits per heavy atom. The topological polar surface area (TPSA) is 133 Å². The molecule has 0 saturated carbocycles. The van der Waals surface area contributed by atoms with Gasteiger partial charge in [0.1, 0.15) is 11.6 Å². The fraction of sp³-hybridized carbons (Fsp3) is 0.235. The summed E-state index contributed by atoms with van der Waals surface area (Å²) in [6.45, 7) is 1.36. The van der Waals surface area contributed by atoms with Gasteiger partial charge in [0.05, 0.1) is 25.0 Å². The number of nitrogen functional groups attached to an aromatic ring is 1. The van der Waals surface area contributed by atoms with Crippen LogP contribution < -0.4 is 16.4 Å². The average molecular weight is 361 g/mol. The molecular formula is C17H20FN5O3. The minimum atomic E-state index is -0.544. The van der Waals surface area contributed by atoms with Crippen molar-refractivity contribution in [2.75, 3.05) is 18.2 Å². The minimum absolute atomic E-state index is 0.112.